The standard InChI is InChI=1S/C28H30FNO3/c1-17-13-21(19-5-7-22(29)8-6-19)14-18(2)25(17)26-23(31)15-28(16-24(26)32)9-11-30(12-10-28)27(33)20-3-4-20/h5-8,13-14,20,26H,3-4,9-12,15-16H2,1-2H3. The maximum absolute atomic E-state index is 13.4. The molecule has 1 heterocycles. The lowest BCUT2D eigenvalue weighted by atomic mass is 9.62. The highest BCUT2D eigenvalue weighted by Gasteiger charge is 2.48. The summed E-state index contributed by atoms with van der Waals surface area (Å²) in [7, 11) is 0. The largest absolute Gasteiger partial charge is 0.342 e. The number of piperidine rings is 1. The van der Waals surface area contributed by atoms with E-state index in [0.29, 0.717) is 25.9 Å². The summed E-state index contributed by atoms with van der Waals surface area (Å²) in [5.74, 6) is -0.503. The Morgan fingerprint density at radius 1 is 0.909 bits per heavy atom. The normalized spacial score (nSPS) is 21.0. The van der Waals surface area contributed by atoms with E-state index in [4.69, 9.17) is 0 Å². The first-order valence-electron chi connectivity index (χ1n) is 12.0. The average Bonchev–Trinajstić information content (AvgIpc) is 3.61. The molecule has 1 spiro atoms. The second-order valence-corrected chi connectivity index (χ2v) is 10.3. The number of hydrogen-bond acceptors (Lipinski definition) is 3. The molecule has 1 saturated heterocycles. The molecule has 2 aromatic carbocycles. The molecule has 5 rings (SSSR count). The number of likely N-dealkylation sites (tertiary alicyclic amines) is 1. The van der Waals surface area contributed by atoms with Gasteiger partial charge in [-0.2, -0.15) is 0 Å². The van der Waals surface area contributed by atoms with Crippen molar-refractivity contribution in [1.82, 2.24) is 4.90 Å². The van der Waals surface area contributed by atoms with Gasteiger partial charge in [-0.3, -0.25) is 14.4 Å². The van der Waals surface area contributed by atoms with Crippen LogP contribution in [0.1, 0.15) is 61.1 Å². The van der Waals surface area contributed by atoms with E-state index in [1.807, 2.05) is 30.9 Å². The Bertz CT molecular complexity index is 1080. The van der Waals surface area contributed by atoms with E-state index in [2.05, 4.69) is 0 Å². The molecule has 0 bridgehead atoms. The first-order chi connectivity index (χ1) is 15.8. The van der Waals surface area contributed by atoms with Gasteiger partial charge in [0.1, 0.15) is 23.3 Å². The lowest BCUT2D eigenvalue weighted by molar-refractivity contribution is -0.140. The van der Waals surface area contributed by atoms with E-state index < -0.39 is 5.92 Å². The van der Waals surface area contributed by atoms with Crippen molar-refractivity contribution in [2.45, 2.75) is 58.3 Å². The number of carbonyl (C=O) groups excluding carboxylic acids is 3. The van der Waals surface area contributed by atoms with Gasteiger partial charge < -0.3 is 4.90 Å². The topological polar surface area (TPSA) is 54.5 Å². The van der Waals surface area contributed by atoms with Crippen molar-refractivity contribution in [2.24, 2.45) is 11.3 Å². The third-order valence-corrected chi connectivity index (χ3v) is 7.86. The van der Waals surface area contributed by atoms with Crippen LogP contribution in [0.4, 0.5) is 4.39 Å². The number of ketones is 2. The van der Waals surface area contributed by atoms with Crippen LogP contribution in [0.15, 0.2) is 36.4 Å². The summed E-state index contributed by atoms with van der Waals surface area (Å²) in [5.41, 5.74) is 4.23. The SMILES string of the molecule is Cc1cc(-c2ccc(F)cc2)cc(C)c1C1C(=O)CC2(CCN(C(=O)C3CC3)CC2)CC1=O. The molecule has 3 fully saturated rings. The average molecular weight is 448 g/mol. The smallest absolute Gasteiger partial charge is 0.225 e. The van der Waals surface area contributed by atoms with Crippen LogP contribution in [-0.4, -0.2) is 35.5 Å². The van der Waals surface area contributed by atoms with Crippen LogP contribution in [0.5, 0.6) is 0 Å². The fourth-order valence-electron chi connectivity index (χ4n) is 5.89. The number of halogens is 1. The maximum atomic E-state index is 13.4. The van der Waals surface area contributed by atoms with Gasteiger partial charge in [0.15, 0.2) is 0 Å². The fraction of sp³-hybridized carbons (Fsp3) is 0.464. The molecule has 0 aromatic heterocycles. The Labute approximate surface area is 194 Å². The summed E-state index contributed by atoms with van der Waals surface area (Å²) in [6, 6.07) is 10.3. The zero-order chi connectivity index (χ0) is 23.3. The molecule has 0 N–H and O–H groups in total. The van der Waals surface area contributed by atoms with Crippen LogP contribution in [0.3, 0.4) is 0 Å². The zero-order valence-corrected chi connectivity index (χ0v) is 19.3. The van der Waals surface area contributed by atoms with Gasteiger partial charge in [-0.15, -0.1) is 0 Å². The third-order valence-electron chi connectivity index (χ3n) is 7.86. The molecule has 0 unspecified atom stereocenters. The summed E-state index contributed by atoms with van der Waals surface area (Å²) in [5, 5.41) is 0. The van der Waals surface area contributed by atoms with Crippen LogP contribution in [0.2, 0.25) is 0 Å². The lowest BCUT2D eigenvalue weighted by Gasteiger charge is -2.45. The van der Waals surface area contributed by atoms with Crippen molar-refractivity contribution < 1.29 is 18.8 Å². The molecule has 0 radical (unpaired) electrons. The van der Waals surface area contributed by atoms with Gasteiger partial charge in [0, 0.05) is 31.8 Å². The number of nitrogens with zero attached hydrogens (tertiary/aromatic N) is 1. The summed E-state index contributed by atoms with van der Waals surface area (Å²) in [6.45, 7) is 5.21. The van der Waals surface area contributed by atoms with Crippen molar-refractivity contribution in [3.05, 3.63) is 58.9 Å². The van der Waals surface area contributed by atoms with E-state index in [9.17, 15) is 18.8 Å². The van der Waals surface area contributed by atoms with Gasteiger partial charge >= 0.3 is 0 Å². The van der Waals surface area contributed by atoms with Crippen molar-refractivity contribution in [1.29, 1.82) is 0 Å². The quantitative estimate of drug-likeness (QED) is 0.612. The molecule has 33 heavy (non-hydrogen) atoms. The molecule has 2 aliphatic carbocycles. The van der Waals surface area contributed by atoms with Gasteiger partial charge in [-0.25, -0.2) is 4.39 Å². The summed E-state index contributed by atoms with van der Waals surface area (Å²) >= 11 is 0. The number of Topliss-reactive ketones (excluding diaryl/α,β-unsaturated/α-hetero) is 2. The number of aryl methyl sites for hydroxylation is 2. The van der Waals surface area contributed by atoms with Crippen molar-refractivity contribution in [3.63, 3.8) is 0 Å². The Balaban J connectivity index is 1.35. The minimum atomic E-state index is -0.705. The Kier molecular flexibility index (Phi) is 5.46. The molecular weight excluding hydrogens is 417 g/mol. The van der Waals surface area contributed by atoms with E-state index in [0.717, 1.165) is 53.5 Å². The molecule has 5 heteroatoms. The van der Waals surface area contributed by atoms with Gasteiger partial charge in [-0.1, -0.05) is 24.3 Å². The second kappa shape index (κ2) is 8.19. The Morgan fingerprint density at radius 2 is 1.45 bits per heavy atom. The number of carbonyl (C=O) groups is 3. The molecule has 2 aromatic rings. The Morgan fingerprint density at radius 3 is 1.97 bits per heavy atom. The van der Waals surface area contributed by atoms with Gasteiger partial charge in [-0.05, 0) is 84.9 Å². The fourth-order valence-corrected chi connectivity index (χ4v) is 5.89. The number of amides is 1. The van der Waals surface area contributed by atoms with Crippen LogP contribution in [0, 0.1) is 31.0 Å². The third kappa shape index (κ3) is 4.14. The van der Waals surface area contributed by atoms with Gasteiger partial charge in [0.2, 0.25) is 5.91 Å². The van der Waals surface area contributed by atoms with Gasteiger partial charge in [0.25, 0.3) is 0 Å². The summed E-state index contributed by atoms with van der Waals surface area (Å²) in [6.07, 6.45) is 4.28. The zero-order valence-electron chi connectivity index (χ0n) is 19.3. The molecule has 172 valence electrons. The number of hydrogen-bond donors (Lipinski definition) is 0. The molecule has 1 aliphatic heterocycles. The molecular formula is C28H30FNO3. The lowest BCUT2D eigenvalue weighted by Crippen LogP contribution is -2.48. The van der Waals surface area contributed by atoms with E-state index in [-0.39, 0.29) is 34.6 Å². The van der Waals surface area contributed by atoms with Crippen LogP contribution < -0.4 is 0 Å². The van der Waals surface area contributed by atoms with Crippen LogP contribution in [0.25, 0.3) is 11.1 Å². The monoisotopic (exact) mass is 447 g/mol. The number of benzene rings is 2. The van der Waals surface area contributed by atoms with Crippen molar-refractivity contribution >= 4 is 17.5 Å². The minimum Gasteiger partial charge on any atom is -0.342 e. The molecule has 4 nitrogen and oxygen atoms in total. The first kappa shape index (κ1) is 22.0. The molecule has 3 aliphatic rings. The molecule has 0 atom stereocenters. The van der Waals surface area contributed by atoms with Crippen molar-refractivity contribution in [2.75, 3.05) is 13.1 Å². The highest BCUT2D eigenvalue weighted by atomic mass is 19.1. The maximum Gasteiger partial charge on any atom is 0.225 e. The highest BCUT2D eigenvalue weighted by Crippen LogP contribution is 2.47. The molecule has 2 saturated carbocycles. The van der Waals surface area contributed by atoms with Crippen molar-refractivity contribution in [3.8, 4) is 11.1 Å². The van der Waals surface area contributed by atoms with Gasteiger partial charge in [0.05, 0.1) is 0 Å². The van der Waals surface area contributed by atoms with E-state index in [1.54, 1.807) is 12.1 Å². The second-order valence-electron chi connectivity index (χ2n) is 10.3. The predicted molar refractivity (Wildman–Crippen MR) is 124 cm³/mol. The number of rotatable bonds is 3. The van der Waals surface area contributed by atoms with Crippen LogP contribution in [-0.2, 0) is 14.4 Å². The molecule has 1 amide bonds. The van der Waals surface area contributed by atoms with E-state index in [1.165, 1.54) is 12.1 Å². The summed E-state index contributed by atoms with van der Waals surface area (Å²) in [4.78, 5) is 41.1. The highest BCUT2D eigenvalue weighted by molar-refractivity contribution is 6.10. The predicted octanol–water partition coefficient (Wildman–Crippen LogP) is 5.14. The first-order valence-corrected chi connectivity index (χ1v) is 12.0. The minimum absolute atomic E-state index is 0.00829. The van der Waals surface area contributed by atoms with Crippen LogP contribution >= 0.6 is 0 Å². The summed E-state index contributed by atoms with van der Waals surface area (Å²) < 4.78 is 13.3. The van der Waals surface area contributed by atoms with E-state index >= 15 is 0 Å². The Hall–Kier alpha value is -2.82.